The quantitative estimate of drug-likeness (QED) is 0.742. The first kappa shape index (κ1) is 11.9. The lowest BCUT2D eigenvalue weighted by Gasteiger charge is -2.21. The molecule has 1 heterocycles. The summed E-state index contributed by atoms with van der Waals surface area (Å²) in [6.45, 7) is 1.98. The Hall–Kier alpha value is -0.220. The first-order chi connectivity index (χ1) is 6.74. The third kappa shape index (κ3) is 3.88. The van der Waals surface area contributed by atoms with E-state index >= 15 is 0 Å². The van der Waals surface area contributed by atoms with Crippen LogP contribution >= 0.6 is 11.8 Å². The van der Waals surface area contributed by atoms with Gasteiger partial charge in [0.1, 0.15) is 0 Å². The molecule has 1 N–H and O–H groups in total. The normalized spacial score (nSPS) is 21.1. The first-order valence-electron chi connectivity index (χ1n) is 5.20. The van der Waals surface area contributed by atoms with Crippen molar-refractivity contribution in [1.82, 2.24) is 10.2 Å². The number of hydrogen-bond donors (Lipinski definition) is 1. The highest BCUT2D eigenvalue weighted by Crippen LogP contribution is 2.07. The van der Waals surface area contributed by atoms with Gasteiger partial charge in [-0.25, -0.2) is 0 Å². The van der Waals surface area contributed by atoms with Crippen LogP contribution in [-0.2, 0) is 4.79 Å². The number of amides is 1. The molecule has 0 radical (unpaired) electrons. The van der Waals surface area contributed by atoms with E-state index < -0.39 is 0 Å². The molecule has 0 saturated carbocycles. The standard InChI is InChI=1S/C10H20N2OS/c1-12(10(13)5-7-14-2)8-9-4-3-6-11-9/h9,11H,3-8H2,1-2H3. The van der Waals surface area contributed by atoms with Crippen LogP contribution in [0.5, 0.6) is 0 Å². The Bertz CT molecular complexity index is 181. The molecule has 0 aromatic heterocycles. The number of nitrogens with zero attached hydrogens (tertiary/aromatic N) is 1. The van der Waals surface area contributed by atoms with Crippen LogP contribution in [0.1, 0.15) is 19.3 Å². The van der Waals surface area contributed by atoms with Gasteiger partial charge in [-0.05, 0) is 25.6 Å². The van der Waals surface area contributed by atoms with Crippen LogP contribution < -0.4 is 5.32 Å². The maximum atomic E-state index is 11.6. The lowest BCUT2D eigenvalue weighted by atomic mass is 10.2. The average molecular weight is 216 g/mol. The monoisotopic (exact) mass is 216 g/mol. The fourth-order valence-corrected chi connectivity index (χ4v) is 2.10. The summed E-state index contributed by atoms with van der Waals surface area (Å²) in [6, 6.07) is 0.526. The van der Waals surface area contributed by atoms with Crippen molar-refractivity contribution >= 4 is 17.7 Å². The average Bonchev–Trinajstić information content (AvgIpc) is 2.66. The van der Waals surface area contributed by atoms with Crippen molar-refractivity contribution in [3.63, 3.8) is 0 Å². The van der Waals surface area contributed by atoms with E-state index in [0.717, 1.165) is 18.8 Å². The van der Waals surface area contributed by atoms with Gasteiger partial charge in [0.2, 0.25) is 5.91 Å². The van der Waals surface area contributed by atoms with Crippen molar-refractivity contribution in [3.8, 4) is 0 Å². The molecule has 14 heavy (non-hydrogen) atoms. The van der Waals surface area contributed by atoms with Gasteiger partial charge in [0.05, 0.1) is 0 Å². The number of carbonyl (C=O) groups is 1. The molecule has 1 atom stereocenters. The van der Waals surface area contributed by atoms with Gasteiger partial charge in [-0.3, -0.25) is 4.79 Å². The van der Waals surface area contributed by atoms with E-state index in [0.29, 0.717) is 12.5 Å². The molecule has 0 spiro atoms. The summed E-state index contributed by atoms with van der Waals surface area (Å²) in [5.41, 5.74) is 0. The molecule has 0 bridgehead atoms. The second-order valence-electron chi connectivity index (χ2n) is 3.81. The van der Waals surface area contributed by atoms with E-state index in [1.807, 2.05) is 18.2 Å². The minimum Gasteiger partial charge on any atom is -0.344 e. The third-order valence-corrected chi connectivity index (χ3v) is 3.21. The van der Waals surface area contributed by atoms with Gasteiger partial charge in [0.25, 0.3) is 0 Å². The number of thioether (sulfide) groups is 1. The van der Waals surface area contributed by atoms with Crippen LogP contribution in [0.2, 0.25) is 0 Å². The molecule has 0 aromatic rings. The van der Waals surface area contributed by atoms with E-state index in [-0.39, 0.29) is 5.91 Å². The van der Waals surface area contributed by atoms with Gasteiger partial charge in [0.15, 0.2) is 0 Å². The van der Waals surface area contributed by atoms with E-state index in [4.69, 9.17) is 0 Å². The highest BCUT2D eigenvalue weighted by Gasteiger charge is 2.18. The lowest BCUT2D eigenvalue weighted by molar-refractivity contribution is -0.129. The molecule has 1 fully saturated rings. The van der Waals surface area contributed by atoms with Crippen molar-refractivity contribution in [3.05, 3.63) is 0 Å². The zero-order valence-electron chi connectivity index (χ0n) is 9.08. The zero-order valence-corrected chi connectivity index (χ0v) is 9.90. The fraction of sp³-hybridized carbons (Fsp3) is 0.900. The molecule has 1 aliphatic rings. The molecule has 1 aliphatic heterocycles. The summed E-state index contributed by atoms with van der Waals surface area (Å²) in [5, 5.41) is 3.40. The van der Waals surface area contributed by atoms with E-state index in [1.165, 1.54) is 12.8 Å². The van der Waals surface area contributed by atoms with Crippen molar-refractivity contribution in [2.75, 3.05) is 32.1 Å². The van der Waals surface area contributed by atoms with Crippen molar-refractivity contribution in [2.45, 2.75) is 25.3 Å². The largest absolute Gasteiger partial charge is 0.344 e. The predicted octanol–water partition coefficient (Wildman–Crippen LogP) is 0.950. The van der Waals surface area contributed by atoms with Crippen LogP contribution in [0.15, 0.2) is 0 Å². The third-order valence-electron chi connectivity index (χ3n) is 2.60. The van der Waals surface area contributed by atoms with Gasteiger partial charge >= 0.3 is 0 Å². The predicted molar refractivity (Wildman–Crippen MR) is 61.7 cm³/mol. The zero-order chi connectivity index (χ0) is 10.4. The number of likely N-dealkylation sites (N-methyl/N-ethyl adjacent to an activating group) is 1. The summed E-state index contributed by atoms with van der Waals surface area (Å²) in [7, 11) is 1.91. The van der Waals surface area contributed by atoms with Crippen LogP contribution in [0.3, 0.4) is 0 Å². The highest BCUT2D eigenvalue weighted by molar-refractivity contribution is 7.98. The minimum atomic E-state index is 0.271. The Morgan fingerprint density at radius 1 is 1.64 bits per heavy atom. The van der Waals surface area contributed by atoms with Crippen molar-refractivity contribution in [1.29, 1.82) is 0 Å². The topological polar surface area (TPSA) is 32.3 Å². The summed E-state index contributed by atoms with van der Waals surface area (Å²) in [6.07, 6.45) is 5.16. The Morgan fingerprint density at radius 3 is 3.00 bits per heavy atom. The molecule has 0 aliphatic carbocycles. The molecule has 4 heteroatoms. The van der Waals surface area contributed by atoms with Crippen molar-refractivity contribution in [2.24, 2.45) is 0 Å². The highest BCUT2D eigenvalue weighted by atomic mass is 32.2. The Kier molecular flexibility index (Phi) is 5.33. The van der Waals surface area contributed by atoms with Gasteiger partial charge in [-0.2, -0.15) is 11.8 Å². The number of hydrogen-bond acceptors (Lipinski definition) is 3. The summed E-state index contributed by atoms with van der Waals surface area (Å²) in [5.74, 6) is 1.20. The second-order valence-corrected chi connectivity index (χ2v) is 4.80. The Morgan fingerprint density at radius 2 is 2.43 bits per heavy atom. The fourth-order valence-electron chi connectivity index (χ4n) is 1.73. The van der Waals surface area contributed by atoms with Gasteiger partial charge in [-0.15, -0.1) is 0 Å². The summed E-state index contributed by atoms with van der Waals surface area (Å²) < 4.78 is 0. The Balaban J connectivity index is 2.18. The van der Waals surface area contributed by atoms with Crippen molar-refractivity contribution < 1.29 is 4.79 Å². The van der Waals surface area contributed by atoms with E-state index in [9.17, 15) is 4.79 Å². The molecule has 1 rings (SSSR count). The van der Waals surface area contributed by atoms with Crippen LogP contribution in [0, 0.1) is 0 Å². The van der Waals surface area contributed by atoms with Crippen LogP contribution in [0.25, 0.3) is 0 Å². The van der Waals surface area contributed by atoms with E-state index in [1.54, 1.807) is 11.8 Å². The van der Waals surface area contributed by atoms with Crippen LogP contribution in [-0.4, -0.2) is 49.0 Å². The summed E-state index contributed by atoms with van der Waals surface area (Å²) >= 11 is 1.73. The molecule has 1 amide bonds. The molecule has 0 aromatic carbocycles. The minimum absolute atomic E-state index is 0.271. The van der Waals surface area contributed by atoms with Gasteiger partial charge < -0.3 is 10.2 Å². The lowest BCUT2D eigenvalue weighted by Crippen LogP contribution is -2.38. The molecule has 82 valence electrons. The molecule has 1 unspecified atom stereocenters. The first-order valence-corrected chi connectivity index (χ1v) is 6.59. The van der Waals surface area contributed by atoms with Gasteiger partial charge in [-0.1, -0.05) is 0 Å². The van der Waals surface area contributed by atoms with Gasteiger partial charge in [0, 0.05) is 31.8 Å². The molecular weight excluding hydrogens is 196 g/mol. The Labute approximate surface area is 90.6 Å². The molecular formula is C10H20N2OS. The maximum absolute atomic E-state index is 11.6. The number of carbonyl (C=O) groups excluding carboxylic acids is 1. The number of nitrogens with one attached hydrogen (secondary N) is 1. The van der Waals surface area contributed by atoms with Crippen LogP contribution in [0.4, 0.5) is 0 Å². The maximum Gasteiger partial charge on any atom is 0.223 e. The second kappa shape index (κ2) is 6.30. The molecule has 3 nitrogen and oxygen atoms in total. The SMILES string of the molecule is CSCCC(=O)N(C)CC1CCCN1. The number of rotatable bonds is 5. The smallest absolute Gasteiger partial charge is 0.223 e. The van der Waals surface area contributed by atoms with E-state index in [2.05, 4.69) is 5.32 Å². The summed E-state index contributed by atoms with van der Waals surface area (Å²) in [4.78, 5) is 13.4. The molecule has 1 saturated heterocycles.